The average Bonchev–Trinajstić information content (AvgIpc) is 2.75. The molecule has 0 radical (unpaired) electrons. The van der Waals surface area contributed by atoms with Crippen molar-refractivity contribution in [3.05, 3.63) is 30.0 Å². The Bertz CT molecular complexity index is 570. The summed E-state index contributed by atoms with van der Waals surface area (Å²) < 4.78 is 7.53. The normalized spacial score (nSPS) is 23.9. The third-order valence-electron chi connectivity index (χ3n) is 3.95. The number of rotatable bonds is 3. The lowest BCUT2D eigenvalue weighted by Gasteiger charge is -2.34. The molecular weight excluding hydrogens is 238 g/mol. The molecule has 1 N–H and O–H groups in total. The van der Waals surface area contributed by atoms with E-state index in [0.717, 1.165) is 38.3 Å². The topological polar surface area (TPSA) is 39.1 Å². The van der Waals surface area contributed by atoms with E-state index in [-0.39, 0.29) is 5.54 Å². The summed E-state index contributed by atoms with van der Waals surface area (Å²) in [7, 11) is 2.00. The molecule has 1 aliphatic rings. The number of ether oxygens (including phenoxy) is 1. The minimum atomic E-state index is 0.0802. The van der Waals surface area contributed by atoms with Crippen LogP contribution in [-0.2, 0) is 18.3 Å². The summed E-state index contributed by atoms with van der Waals surface area (Å²) in [4.78, 5) is 0. The van der Waals surface area contributed by atoms with Crippen LogP contribution in [0.25, 0.3) is 10.9 Å². The van der Waals surface area contributed by atoms with Gasteiger partial charge in [-0.25, -0.2) is 0 Å². The number of fused-ring (bicyclic) bond motifs is 1. The van der Waals surface area contributed by atoms with E-state index in [1.165, 1.54) is 10.9 Å². The second kappa shape index (κ2) is 4.94. The van der Waals surface area contributed by atoms with Crippen molar-refractivity contribution in [3.8, 4) is 0 Å². The van der Waals surface area contributed by atoms with Crippen molar-refractivity contribution in [3.63, 3.8) is 0 Å². The first-order valence-corrected chi connectivity index (χ1v) is 6.91. The highest BCUT2D eigenvalue weighted by Gasteiger charge is 2.27. The van der Waals surface area contributed by atoms with Gasteiger partial charge in [-0.2, -0.15) is 5.10 Å². The Balaban J connectivity index is 1.78. The SMILES string of the molecule is Cn1nc(CNC2(C)CCCOC2)c2ccccc21. The van der Waals surface area contributed by atoms with Gasteiger partial charge in [-0.3, -0.25) is 4.68 Å². The summed E-state index contributed by atoms with van der Waals surface area (Å²) in [6.45, 7) is 4.71. The van der Waals surface area contributed by atoms with Crippen LogP contribution in [0.1, 0.15) is 25.5 Å². The molecule has 0 aliphatic carbocycles. The van der Waals surface area contributed by atoms with Gasteiger partial charge in [0, 0.05) is 31.1 Å². The minimum Gasteiger partial charge on any atom is -0.380 e. The number of aromatic nitrogens is 2. The minimum absolute atomic E-state index is 0.0802. The van der Waals surface area contributed by atoms with E-state index >= 15 is 0 Å². The summed E-state index contributed by atoms with van der Waals surface area (Å²) in [6, 6.07) is 8.37. The van der Waals surface area contributed by atoms with Crippen molar-refractivity contribution in [2.24, 2.45) is 7.05 Å². The van der Waals surface area contributed by atoms with Gasteiger partial charge in [0.2, 0.25) is 0 Å². The first kappa shape index (κ1) is 12.6. The summed E-state index contributed by atoms with van der Waals surface area (Å²) >= 11 is 0. The molecule has 2 aromatic rings. The van der Waals surface area contributed by atoms with E-state index < -0.39 is 0 Å². The molecule has 19 heavy (non-hydrogen) atoms. The second-order valence-electron chi connectivity index (χ2n) is 5.66. The number of aryl methyl sites for hydroxylation is 1. The molecule has 1 unspecified atom stereocenters. The Hall–Kier alpha value is -1.39. The van der Waals surface area contributed by atoms with Crippen LogP contribution in [0, 0.1) is 0 Å². The van der Waals surface area contributed by atoms with Gasteiger partial charge in [0.1, 0.15) is 0 Å². The summed E-state index contributed by atoms with van der Waals surface area (Å²) in [5, 5.41) is 9.47. The van der Waals surface area contributed by atoms with Crippen molar-refractivity contribution < 1.29 is 4.74 Å². The molecular formula is C15H21N3O. The predicted octanol–water partition coefficient (Wildman–Crippen LogP) is 2.23. The molecule has 1 aromatic carbocycles. The lowest BCUT2D eigenvalue weighted by molar-refractivity contribution is 0.0276. The van der Waals surface area contributed by atoms with Crippen LogP contribution < -0.4 is 5.32 Å². The highest BCUT2D eigenvalue weighted by atomic mass is 16.5. The molecule has 4 nitrogen and oxygen atoms in total. The average molecular weight is 259 g/mol. The van der Waals surface area contributed by atoms with E-state index in [2.05, 4.69) is 41.6 Å². The molecule has 1 aliphatic heterocycles. The summed E-state index contributed by atoms with van der Waals surface area (Å²) in [6.07, 6.45) is 2.30. The van der Waals surface area contributed by atoms with Crippen LogP contribution >= 0.6 is 0 Å². The maximum Gasteiger partial charge on any atom is 0.0841 e. The van der Waals surface area contributed by atoms with Gasteiger partial charge in [0.05, 0.1) is 17.8 Å². The van der Waals surface area contributed by atoms with Crippen LogP contribution in [0.2, 0.25) is 0 Å². The number of hydrogen-bond donors (Lipinski definition) is 1. The molecule has 0 spiro atoms. The smallest absolute Gasteiger partial charge is 0.0841 e. The van der Waals surface area contributed by atoms with Gasteiger partial charge in [-0.05, 0) is 25.8 Å². The Kier molecular flexibility index (Phi) is 3.29. The third-order valence-corrected chi connectivity index (χ3v) is 3.95. The van der Waals surface area contributed by atoms with Gasteiger partial charge >= 0.3 is 0 Å². The first-order chi connectivity index (χ1) is 9.18. The van der Waals surface area contributed by atoms with Gasteiger partial charge < -0.3 is 10.1 Å². The molecule has 1 saturated heterocycles. The zero-order chi connectivity index (χ0) is 13.3. The lowest BCUT2D eigenvalue weighted by Crippen LogP contribution is -2.48. The number of nitrogens with zero attached hydrogens (tertiary/aromatic N) is 2. The monoisotopic (exact) mass is 259 g/mol. The molecule has 1 fully saturated rings. The predicted molar refractivity (Wildman–Crippen MR) is 76.0 cm³/mol. The molecule has 1 aromatic heterocycles. The molecule has 0 amide bonds. The molecule has 4 heteroatoms. The molecule has 3 rings (SSSR count). The Morgan fingerprint density at radius 3 is 3.05 bits per heavy atom. The molecule has 2 heterocycles. The Morgan fingerprint density at radius 2 is 2.26 bits per heavy atom. The van der Waals surface area contributed by atoms with Gasteiger partial charge in [0.25, 0.3) is 0 Å². The van der Waals surface area contributed by atoms with Crippen molar-refractivity contribution in [1.29, 1.82) is 0 Å². The molecule has 1 atom stereocenters. The molecule has 0 saturated carbocycles. The third kappa shape index (κ3) is 2.51. The van der Waals surface area contributed by atoms with Crippen LogP contribution in [0.4, 0.5) is 0 Å². The zero-order valence-corrected chi connectivity index (χ0v) is 11.6. The fourth-order valence-electron chi connectivity index (χ4n) is 2.79. The van der Waals surface area contributed by atoms with Crippen LogP contribution in [0.3, 0.4) is 0 Å². The van der Waals surface area contributed by atoms with Crippen LogP contribution in [0.5, 0.6) is 0 Å². The largest absolute Gasteiger partial charge is 0.380 e. The lowest BCUT2D eigenvalue weighted by atomic mass is 9.95. The number of hydrogen-bond acceptors (Lipinski definition) is 3. The molecule has 0 bridgehead atoms. The maximum absolute atomic E-state index is 5.58. The van der Waals surface area contributed by atoms with Gasteiger partial charge in [-0.15, -0.1) is 0 Å². The first-order valence-electron chi connectivity index (χ1n) is 6.91. The highest BCUT2D eigenvalue weighted by Crippen LogP contribution is 2.21. The maximum atomic E-state index is 5.58. The van der Waals surface area contributed by atoms with Crippen molar-refractivity contribution in [1.82, 2.24) is 15.1 Å². The van der Waals surface area contributed by atoms with Crippen LogP contribution in [0.15, 0.2) is 24.3 Å². The summed E-state index contributed by atoms with van der Waals surface area (Å²) in [5.74, 6) is 0. The fraction of sp³-hybridized carbons (Fsp3) is 0.533. The highest BCUT2D eigenvalue weighted by molar-refractivity contribution is 5.81. The van der Waals surface area contributed by atoms with E-state index in [0.29, 0.717) is 0 Å². The van der Waals surface area contributed by atoms with Crippen molar-refractivity contribution >= 4 is 10.9 Å². The summed E-state index contributed by atoms with van der Waals surface area (Å²) in [5.41, 5.74) is 2.38. The van der Waals surface area contributed by atoms with Crippen molar-refractivity contribution in [2.75, 3.05) is 13.2 Å². The van der Waals surface area contributed by atoms with E-state index in [1.807, 2.05) is 11.7 Å². The van der Waals surface area contributed by atoms with Gasteiger partial charge in [0.15, 0.2) is 0 Å². The Morgan fingerprint density at radius 1 is 1.42 bits per heavy atom. The van der Waals surface area contributed by atoms with Crippen LogP contribution in [-0.4, -0.2) is 28.5 Å². The quantitative estimate of drug-likeness (QED) is 0.918. The van der Waals surface area contributed by atoms with Crippen molar-refractivity contribution in [2.45, 2.75) is 31.8 Å². The fourth-order valence-corrected chi connectivity index (χ4v) is 2.79. The van der Waals surface area contributed by atoms with E-state index in [9.17, 15) is 0 Å². The Labute approximate surface area is 113 Å². The molecule has 102 valence electrons. The number of para-hydroxylation sites is 1. The second-order valence-corrected chi connectivity index (χ2v) is 5.66. The van der Waals surface area contributed by atoms with Gasteiger partial charge in [-0.1, -0.05) is 18.2 Å². The standard InChI is InChI=1S/C15H21N3O/c1-15(8-5-9-19-11-15)16-10-13-12-6-3-4-7-14(12)18(2)17-13/h3-4,6-7,16H,5,8-11H2,1-2H3. The van der Waals surface area contributed by atoms with E-state index in [4.69, 9.17) is 4.74 Å². The van der Waals surface area contributed by atoms with E-state index in [1.54, 1.807) is 0 Å². The zero-order valence-electron chi connectivity index (χ0n) is 11.6. The number of benzene rings is 1. The number of nitrogens with one attached hydrogen (secondary N) is 1.